The van der Waals surface area contributed by atoms with Crippen LogP contribution in [0.1, 0.15) is 22.8 Å². The van der Waals surface area contributed by atoms with E-state index in [2.05, 4.69) is 15.8 Å². The molecular weight excluding hydrogens is 572 g/mol. The van der Waals surface area contributed by atoms with Gasteiger partial charge in [-0.3, -0.25) is 13.9 Å². The molecule has 0 bridgehead atoms. The van der Waals surface area contributed by atoms with Crippen molar-refractivity contribution < 1.29 is 32.3 Å². The minimum absolute atomic E-state index is 0.0817. The van der Waals surface area contributed by atoms with E-state index in [4.69, 9.17) is 9.47 Å². The van der Waals surface area contributed by atoms with Crippen LogP contribution in [0.3, 0.4) is 0 Å². The molecule has 0 fully saturated rings. The van der Waals surface area contributed by atoms with Crippen molar-refractivity contribution in [2.24, 2.45) is 5.10 Å². The number of hydrogen-bond acceptors (Lipinski definition) is 8. The first-order valence-corrected chi connectivity index (χ1v) is 14.3. The Balaban J connectivity index is 1.45. The minimum Gasteiger partial charge on any atom is -0.497 e. The van der Waals surface area contributed by atoms with Gasteiger partial charge in [-0.2, -0.15) is 5.10 Å². The number of carbonyl (C=O) groups is 3. The Morgan fingerprint density at radius 3 is 2.07 bits per heavy atom. The van der Waals surface area contributed by atoms with E-state index in [1.54, 1.807) is 66.7 Å². The second-order valence-electron chi connectivity index (χ2n) is 9.03. The second-order valence-corrected chi connectivity index (χ2v) is 10.9. The van der Waals surface area contributed by atoms with Crippen LogP contribution in [0.15, 0.2) is 113 Å². The molecule has 43 heavy (non-hydrogen) atoms. The van der Waals surface area contributed by atoms with E-state index in [9.17, 15) is 22.8 Å². The Morgan fingerprint density at radius 1 is 0.837 bits per heavy atom. The van der Waals surface area contributed by atoms with Crippen LogP contribution in [0.25, 0.3) is 0 Å². The van der Waals surface area contributed by atoms with Gasteiger partial charge in [0.2, 0.25) is 5.91 Å². The summed E-state index contributed by atoms with van der Waals surface area (Å²) in [7, 11) is -2.72. The third kappa shape index (κ3) is 8.27. The van der Waals surface area contributed by atoms with Gasteiger partial charge >= 0.3 is 5.97 Å². The van der Waals surface area contributed by atoms with Crippen molar-refractivity contribution in [1.29, 1.82) is 0 Å². The van der Waals surface area contributed by atoms with Crippen molar-refractivity contribution >= 4 is 45.4 Å². The highest BCUT2D eigenvalue weighted by molar-refractivity contribution is 7.92. The number of hydrogen-bond donors (Lipinski definition) is 2. The zero-order valence-corrected chi connectivity index (χ0v) is 24.1. The monoisotopic (exact) mass is 600 g/mol. The average molecular weight is 601 g/mol. The summed E-state index contributed by atoms with van der Waals surface area (Å²) in [6, 6.07) is 26.8. The summed E-state index contributed by atoms with van der Waals surface area (Å²) in [6.07, 6.45) is 1.37. The van der Waals surface area contributed by atoms with Gasteiger partial charge in [-0.1, -0.05) is 18.2 Å². The lowest BCUT2D eigenvalue weighted by Gasteiger charge is -2.24. The third-order valence-electron chi connectivity index (χ3n) is 5.91. The molecule has 0 saturated heterocycles. The molecule has 0 aliphatic rings. The normalized spacial score (nSPS) is 11.0. The van der Waals surface area contributed by atoms with Gasteiger partial charge in [-0.15, -0.1) is 0 Å². The van der Waals surface area contributed by atoms with Crippen LogP contribution < -0.4 is 24.5 Å². The summed E-state index contributed by atoms with van der Waals surface area (Å²) in [5, 5.41) is 6.51. The Morgan fingerprint density at radius 2 is 1.47 bits per heavy atom. The lowest BCUT2D eigenvalue weighted by molar-refractivity contribution is -0.119. The van der Waals surface area contributed by atoms with Crippen LogP contribution in [0.2, 0.25) is 0 Å². The maximum Gasteiger partial charge on any atom is 0.343 e. The Labute approximate surface area is 248 Å². The van der Waals surface area contributed by atoms with Gasteiger partial charge < -0.3 is 14.8 Å². The standard InChI is InChI=1S/C31H28N4O7S/c1-22(36)33-25-10-18-29(19-11-25)43(39,40)35(26-12-16-27(41-2)17-13-26)21-30(37)34-32-20-23-8-14-28(15-9-23)42-31(38)24-6-4-3-5-7-24/h3-20H,21H2,1-2H3,(H,33,36)(H,34,37)/b32-20-. The molecule has 0 saturated carbocycles. The summed E-state index contributed by atoms with van der Waals surface area (Å²) in [5.74, 6) is -0.639. The van der Waals surface area contributed by atoms with E-state index < -0.39 is 28.4 Å². The van der Waals surface area contributed by atoms with Gasteiger partial charge in [0.1, 0.15) is 18.0 Å². The molecular formula is C31H28N4O7S. The number of ether oxygens (including phenoxy) is 2. The zero-order valence-electron chi connectivity index (χ0n) is 23.3. The van der Waals surface area contributed by atoms with Crippen molar-refractivity contribution in [1.82, 2.24) is 5.43 Å². The average Bonchev–Trinajstić information content (AvgIpc) is 3.01. The first-order chi connectivity index (χ1) is 20.7. The number of hydrazone groups is 1. The summed E-state index contributed by atoms with van der Waals surface area (Å²) in [4.78, 5) is 36.3. The molecule has 0 aromatic heterocycles. The Hall–Kier alpha value is -5.49. The molecule has 0 unspecified atom stereocenters. The van der Waals surface area contributed by atoms with Crippen LogP contribution in [0.5, 0.6) is 11.5 Å². The smallest absolute Gasteiger partial charge is 0.343 e. The number of nitrogens with one attached hydrogen (secondary N) is 2. The molecule has 4 aromatic rings. The summed E-state index contributed by atoms with van der Waals surface area (Å²) >= 11 is 0. The Bertz CT molecular complexity index is 1710. The number of carbonyl (C=O) groups excluding carboxylic acids is 3. The first-order valence-electron chi connectivity index (χ1n) is 12.9. The van der Waals surface area contributed by atoms with E-state index in [1.807, 2.05) is 0 Å². The Kier molecular flexibility index (Phi) is 9.86. The molecule has 12 heteroatoms. The van der Waals surface area contributed by atoms with Gasteiger partial charge in [-0.05, 0) is 90.5 Å². The fourth-order valence-corrected chi connectivity index (χ4v) is 5.23. The second kappa shape index (κ2) is 13.9. The fourth-order valence-electron chi connectivity index (χ4n) is 3.81. The minimum atomic E-state index is -4.20. The fraction of sp³-hybridized carbons (Fsp3) is 0.0968. The topological polar surface area (TPSA) is 143 Å². The molecule has 4 rings (SSSR count). The molecule has 11 nitrogen and oxygen atoms in total. The lowest BCUT2D eigenvalue weighted by atomic mass is 10.2. The van der Waals surface area contributed by atoms with E-state index >= 15 is 0 Å². The zero-order chi connectivity index (χ0) is 30.8. The van der Waals surface area contributed by atoms with Gasteiger partial charge in [0.25, 0.3) is 15.9 Å². The lowest BCUT2D eigenvalue weighted by Crippen LogP contribution is -2.39. The highest BCUT2D eigenvalue weighted by Gasteiger charge is 2.27. The number of nitrogens with zero attached hydrogens (tertiary/aromatic N) is 2. The van der Waals surface area contributed by atoms with Crippen molar-refractivity contribution in [2.75, 3.05) is 23.3 Å². The van der Waals surface area contributed by atoms with E-state index in [1.165, 1.54) is 56.6 Å². The van der Waals surface area contributed by atoms with E-state index in [-0.39, 0.29) is 16.5 Å². The van der Waals surface area contributed by atoms with E-state index in [0.29, 0.717) is 28.3 Å². The first kappa shape index (κ1) is 30.5. The van der Waals surface area contributed by atoms with Gasteiger partial charge in [0, 0.05) is 12.6 Å². The molecule has 220 valence electrons. The van der Waals surface area contributed by atoms with Crippen LogP contribution in [0.4, 0.5) is 11.4 Å². The van der Waals surface area contributed by atoms with Gasteiger partial charge in [0.15, 0.2) is 0 Å². The van der Waals surface area contributed by atoms with Crippen LogP contribution in [-0.4, -0.2) is 46.1 Å². The predicted octanol–water partition coefficient (Wildman–Crippen LogP) is 4.22. The maximum atomic E-state index is 13.6. The van der Waals surface area contributed by atoms with Crippen LogP contribution in [0, 0.1) is 0 Å². The van der Waals surface area contributed by atoms with Gasteiger partial charge in [-0.25, -0.2) is 18.6 Å². The number of methoxy groups -OCH3 is 1. The molecule has 4 aromatic carbocycles. The SMILES string of the molecule is COc1ccc(N(CC(=O)N/N=C\c2ccc(OC(=O)c3ccccc3)cc2)S(=O)(=O)c2ccc(NC(C)=O)cc2)cc1. The number of amides is 2. The van der Waals surface area contributed by atoms with Crippen LogP contribution in [-0.2, 0) is 19.6 Å². The van der Waals surface area contributed by atoms with Crippen LogP contribution >= 0.6 is 0 Å². The molecule has 0 aliphatic carbocycles. The number of benzene rings is 4. The summed E-state index contributed by atoms with van der Waals surface area (Å²) in [5.41, 5.74) is 4.02. The molecule has 0 heterocycles. The maximum absolute atomic E-state index is 13.6. The number of esters is 1. The summed E-state index contributed by atoms with van der Waals surface area (Å²) in [6.45, 7) is 0.768. The van der Waals surface area contributed by atoms with Crippen molar-refractivity contribution in [3.8, 4) is 11.5 Å². The quantitative estimate of drug-likeness (QED) is 0.114. The van der Waals surface area contributed by atoms with Crippen molar-refractivity contribution in [3.63, 3.8) is 0 Å². The molecule has 0 spiro atoms. The number of sulfonamides is 1. The number of rotatable bonds is 11. The van der Waals surface area contributed by atoms with Crippen molar-refractivity contribution in [3.05, 3.63) is 114 Å². The van der Waals surface area contributed by atoms with Gasteiger partial charge in [0.05, 0.1) is 29.5 Å². The molecule has 0 aliphatic heterocycles. The molecule has 2 amide bonds. The highest BCUT2D eigenvalue weighted by Crippen LogP contribution is 2.26. The van der Waals surface area contributed by atoms with Crippen molar-refractivity contribution in [2.45, 2.75) is 11.8 Å². The van der Waals surface area contributed by atoms with E-state index in [0.717, 1.165) is 4.31 Å². The number of anilines is 2. The summed E-state index contributed by atoms with van der Waals surface area (Å²) < 4.78 is 38.7. The predicted molar refractivity (Wildman–Crippen MR) is 162 cm³/mol. The highest BCUT2D eigenvalue weighted by atomic mass is 32.2. The molecule has 0 radical (unpaired) electrons. The largest absolute Gasteiger partial charge is 0.497 e. The third-order valence-corrected chi connectivity index (χ3v) is 7.70. The molecule has 2 N–H and O–H groups in total. The molecule has 0 atom stereocenters.